The summed E-state index contributed by atoms with van der Waals surface area (Å²) in [6.07, 6.45) is -0.916. The molecule has 43 heavy (non-hydrogen) atoms. The summed E-state index contributed by atoms with van der Waals surface area (Å²) in [4.78, 5) is 50.3. The van der Waals surface area contributed by atoms with Crippen molar-refractivity contribution in [2.75, 3.05) is 0 Å². The molecule has 0 aliphatic rings. The Morgan fingerprint density at radius 1 is 0.744 bits per heavy atom. The van der Waals surface area contributed by atoms with E-state index in [0.29, 0.717) is 12.4 Å². The van der Waals surface area contributed by atoms with E-state index in [0.717, 1.165) is 16.7 Å². The molecule has 10 nitrogen and oxygen atoms in total. The van der Waals surface area contributed by atoms with Crippen molar-refractivity contribution in [3.05, 3.63) is 102 Å². The highest BCUT2D eigenvalue weighted by atomic mass is 16.6. The van der Waals surface area contributed by atoms with Crippen LogP contribution in [0.1, 0.15) is 50.3 Å². The molecule has 3 aromatic rings. The van der Waals surface area contributed by atoms with E-state index < -0.39 is 41.6 Å². The SMILES string of the molecule is CC(C)(C)OC(=O)N[C@@H](Cc1ccc(OCc2ccccc2)cc1)C(=O)N[C@@H](CCC(=O)OCc1ccccc1)C(N)=O. The van der Waals surface area contributed by atoms with Gasteiger partial charge in [-0.05, 0) is 56.0 Å². The molecule has 4 N–H and O–H groups in total. The molecule has 0 fully saturated rings. The summed E-state index contributed by atoms with van der Waals surface area (Å²) >= 11 is 0. The minimum absolute atomic E-state index is 0.0682. The number of esters is 1. The van der Waals surface area contributed by atoms with Gasteiger partial charge in [-0.2, -0.15) is 0 Å². The summed E-state index contributed by atoms with van der Waals surface area (Å²) in [6, 6.07) is 23.7. The van der Waals surface area contributed by atoms with E-state index in [1.807, 2.05) is 60.7 Å². The summed E-state index contributed by atoms with van der Waals surface area (Å²) in [6.45, 7) is 5.60. The van der Waals surface area contributed by atoms with E-state index in [1.54, 1.807) is 45.0 Å². The van der Waals surface area contributed by atoms with Gasteiger partial charge in [0.25, 0.3) is 0 Å². The molecule has 0 aromatic heterocycles. The molecular weight excluding hydrogens is 550 g/mol. The molecule has 3 amide bonds. The molecule has 0 bridgehead atoms. The molecule has 0 radical (unpaired) electrons. The van der Waals surface area contributed by atoms with Crippen LogP contribution in [0.4, 0.5) is 4.79 Å². The average molecular weight is 590 g/mol. The molecule has 3 aromatic carbocycles. The van der Waals surface area contributed by atoms with E-state index >= 15 is 0 Å². The highest BCUT2D eigenvalue weighted by Crippen LogP contribution is 2.16. The van der Waals surface area contributed by atoms with Gasteiger partial charge in [0.05, 0.1) is 0 Å². The van der Waals surface area contributed by atoms with Crippen molar-refractivity contribution in [1.82, 2.24) is 10.6 Å². The molecule has 228 valence electrons. The fourth-order valence-electron chi connectivity index (χ4n) is 3.99. The van der Waals surface area contributed by atoms with Crippen molar-refractivity contribution >= 4 is 23.9 Å². The standard InChI is InChI=1S/C33H39N3O7/c1-33(2,3)43-32(40)36-28(20-23-14-16-26(17-15-23)41-21-24-10-6-4-7-11-24)31(39)35-27(30(34)38)18-19-29(37)42-22-25-12-8-5-9-13-25/h4-17,27-28H,18-22H2,1-3H3,(H2,34,38)(H,35,39)(H,36,40)/t27-,28-/m0/s1. The number of ether oxygens (including phenoxy) is 3. The summed E-state index contributed by atoms with van der Waals surface area (Å²) < 4.78 is 16.4. The van der Waals surface area contributed by atoms with Crippen molar-refractivity contribution < 1.29 is 33.4 Å². The number of hydrogen-bond donors (Lipinski definition) is 3. The number of benzene rings is 3. The minimum Gasteiger partial charge on any atom is -0.489 e. The van der Waals surface area contributed by atoms with Gasteiger partial charge in [0.1, 0.15) is 36.6 Å². The van der Waals surface area contributed by atoms with E-state index in [-0.39, 0.29) is 25.9 Å². The first kappa shape index (κ1) is 32.7. The number of carbonyl (C=O) groups is 4. The Hall–Kier alpha value is -4.86. The number of amides is 3. The van der Waals surface area contributed by atoms with Crippen molar-refractivity contribution in [2.24, 2.45) is 5.73 Å². The third-order valence-electron chi connectivity index (χ3n) is 6.16. The molecule has 0 aliphatic carbocycles. The Balaban J connectivity index is 1.62. The van der Waals surface area contributed by atoms with Gasteiger partial charge in [0, 0.05) is 12.8 Å². The maximum atomic E-state index is 13.3. The quantitative estimate of drug-likeness (QED) is 0.239. The molecule has 0 saturated carbocycles. The van der Waals surface area contributed by atoms with Crippen LogP contribution in [0.3, 0.4) is 0 Å². The molecule has 2 atom stereocenters. The first-order valence-electron chi connectivity index (χ1n) is 14.0. The molecule has 0 spiro atoms. The topological polar surface area (TPSA) is 146 Å². The van der Waals surface area contributed by atoms with Gasteiger partial charge < -0.3 is 30.6 Å². The third-order valence-corrected chi connectivity index (χ3v) is 6.16. The van der Waals surface area contributed by atoms with Gasteiger partial charge in [-0.25, -0.2) is 4.79 Å². The van der Waals surface area contributed by atoms with Crippen molar-refractivity contribution in [3.63, 3.8) is 0 Å². The van der Waals surface area contributed by atoms with Gasteiger partial charge in [-0.15, -0.1) is 0 Å². The zero-order chi connectivity index (χ0) is 31.2. The number of primary amides is 1. The molecular formula is C33H39N3O7. The van der Waals surface area contributed by atoms with Crippen LogP contribution >= 0.6 is 0 Å². The number of nitrogens with one attached hydrogen (secondary N) is 2. The van der Waals surface area contributed by atoms with Gasteiger partial charge in [-0.1, -0.05) is 72.8 Å². The minimum atomic E-state index is -1.16. The second kappa shape index (κ2) is 16.0. The normalized spacial score (nSPS) is 12.3. The first-order valence-corrected chi connectivity index (χ1v) is 14.0. The van der Waals surface area contributed by atoms with Crippen LogP contribution in [-0.2, 0) is 43.5 Å². The van der Waals surface area contributed by atoms with Crippen LogP contribution in [0, 0.1) is 0 Å². The predicted octanol–water partition coefficient (Wildman–Crippen LogP) is 4.20. The largest absolute Gasteiger partial charge is 0.489 e. The maximum Gasteiger partial charge on any atom is 0.408 e. The lowest BCUT2D eigenvalue weighted by Gasteiger charge is -2.25. The number of carbonyl (C=O) groups excluding carboxylic acids is 4. The van der Waals surface area contributed by atoms with Crippen molar-refractivity contribution in [1.29, 1.82) is 0 Å². The Kier molecular flexibility index (Phi) is 12.1. The van der Waals surface area contributed by atoms with Crippen molar-refractivity contribution in [2.45, 2.75) is 70.9 Å². The van der Waals surface area contributed by atoms with Gasteiger partial charge in [-0.3, -0.25) is 14.4 Å². The summed E-state index contributed by atoms with van der Waals surface area (Å²) in [5, 5.41) is 5.15. The lowest BCUT2D eigenvalue weighted by Crippen LogP contribution is -2.54. The predicted molar refractivity (Wildman–Crippen MR) is 161 cm³/mol. The van der Waals surface area contributed by atoms with Gasteiger partial charge in [0.15, 0.2) is 0 Å². The fraction of sp³-hybridized carbons (Fsp3) is 0.333. The molecule has 0 heterocycles. The molecule has 10 heteroatoms. The van der Waals surface area contributed by atoms with Crippen molar-refractivity contribution in [3.8, 4) is 5.75 Å². The smallest absolute Gasteiger partial charge is 0.408 e. The first-order chi connectivity index (χ1) is 20.5. The number of rotatable bonds is 14. The Labute approximate surface area is 251 Å². The third kappa shape index (κ3) is 12.3. The lowest BCUT2D eigenvalue weighted by atomic mass is 10.0. The zero-order valence-corrected chi connectivity index (χ0v) is 24.7. The summed E-state index contributed by atoms with van der Waals surface area (Å²) in [7, 11) is 0. The van der Waals surface area contributed by atoms with Crippen LogP contribution < -0.4 is 21.1 Å². The van der Waals surface area contributed by atoms with Crippen LogP contribution in [0.5, 0.6) is 5.75 Å². The molecule has 0 unspecified atom stereocenters. The molecule has 3 rings (SSSR count). The van der Waals surface area contributed by atoms with E-state index in [1.165, 1.54) is 0 Å². The fourth-order valence-corrected chi connectivity index (χ4v) is 3.99. The zero-order valence-electron chi connectivity index (χ0n) is 24.7. The second-order valence-corrected chi connectivity index (χ2v) is 11.0. The molecule has 0 aliphatic heterocycles. The van der Waals surface area contributed by atoms with Crippen LogP contribution in [-0.4, -0.2) is 41.6 Å². The van der Waals surface area contributed by atoms with E-state index in [9.17, 15) is 19.2 Å². The highest BCUT2D eigenvalue weighted by molar-refractivity contribution is 5.91. The Morgan fingerprint density at radius 3 is 1.88 bits per heavy atom. The highest BCUT2D eigenvalue weighted by Gasteiger charge is 2.28. The number of nitrogens with two attached hydrogens (primary N) is 1. The molecule has 0 saturated heterocycles. The number of alkyl carbamates (subject to hydrolysis) is 1. The summed E-state index contributed by atoms with van der Waals surface area (Å²) in [5.74, 6) is -1.37. The maximum absolute atomic E-state index is 13.3. The lowest BCUT2D eigenvalue weighted by molar-refractivity contribution is -0.145. The summed E-state index contributed by atoms with van der Waals surface area (Å²) in [5.41, 5.74) is 7.31. The van der Waals surface area contributed by atoms with Crippen LogP contribution in [0.25, 0.3) is 0 Å². The Bertz CT molecular complexity index is 1340. The van der Waals surface area contributed by atoms with Crippen LogP contribution in [0.15, 0.2) is 84.9 Å². The Morgan fingerprint density at radius 2 is 1.33 bits per heavy atom. The van der Waals surface area contributed by atoms with Gasteiger partial charge >= 0.3 is 12.1 Å². The average Bonchev–Trinajstić information content (AvgIpc) is 2.97. The van der Waals surface area contributed by atoms with Gasteiger partial charge in [0.2, 0.25) is 11.8 Å². The van der Waals surface area contributed by atoms with Crippen LogP contribution in [0.2, 0.25) is 0 Å². The van der Waals surface area contributed by atoms with E-state index in [2.05, 4.69) is 10.6 Å². The second-order valence-electron chi connectivity index (χ2n) is 11.0. The number of hydrogen-bond acceptors (Lipinski definition) is 7. The van der Waals surface area contributed by atoms with E-state index in [4.69, 9.17) is 19.9 Å². The monoisotopic (exact) mass is 589 g/mol.